The van der Waals surface area contributed by atoms with E-state index >= 15 is 0 Å². The second-order valence-electron chi connectivity index (χ2n) is 7.76. The number of benzene rings is 2. The number of nitrogens with zero attached hydrogens (tertiary/aromatic N) is 1. The number of urea groups is 1. The first-order chi connectivity index (χ1) is 15.1. The van der Waals surface area contributed by atoms with Crippen molar-refractivity contribution >= 4 is 17.6 Å². The van der Waals surface area contributed by atoms with E-state index < -0.39 is 23.3 Å². The number of nitrogens with one attached hydrogen (secondary N) is 2. The van der Waals surface area contributed by atoms with Crippen molar-refractivity contribution in [2.45, 2.75) is 38.0 Å². The SMILES string of the molecule is CC(C)NC(=O)NC(Cc1ccccc1)(c1cccc(C(F)(F)F)c1)c1ccc(Cl)cn1. The third-order valence-corrected chi connectivity index (χ3v) is 5.13. The van der Waals surface area contributed by atoms with Gasteiger partial charge in [-0.2, -0.15) is 13.2 Å². The van der Waals surface area contributed by atoms with Gasteiger partial charge in [-0.3, -0.25) is 4.98 Å². The van der Waals surface area contributed by atoms with E-state index in [2.05, 4.69) is 15.6 Å². The molecule has 0 aliphatic carbocycles. The number of pyridine rings is 1. The summed E-state index contributed by atoms with van der Waals surface area (Å²) in [6.45, 7) is 3.59. The van der Waals surface area contributed by atoms with Gasteiger partial charge < -0.3 is 10.6 Å². The molecule has 2 aromatic carbocycles. The summed E-state index contributed by atoms with van der Waals surface area (Å²) in [6, 6.07) is 16.6. The third kappa shape index (κ3) is 5.59. The van der Waals surface area contributed by atoms with Crippen molar-refractivity contribution in [1.29, 1.82) is 0 Å². The van der Waals surface area contributed by atoms with Crippen LogP contribution in [0.4, 0.5) is 18.0 Å². The molecule has 0 aliphatic rings. The molecule has 1 unspecified atom stereocenters. The summed E-state index contributed by atoms with van der Waals surface area (Å²) in [6.07, 6.45) is -2.95. The summed E-state index contributed by atoms with van der Waals surface area (Å²) in [5.74, 6) is 0. The molecule has 0 bridgehead atoms. The lowest BCUT2D eigenvalue weighted by molar-refractivity contribution is -0.137. The molecule has 0 fully saturated rings. The van der Waals surface area contributed by atoms with Gasteiger partial charge in [-0.05, 0) is 49.2 Å². The topological polar surface area (TPSA) is 54.0 Å². The molecule has 0 spiro atoms. The van der Waals surface area contributed by atoms with Crippen LogP contribution in [0, 0.1) is 0 Å². The summed E-state index contributed by atoms with van der Waals surface area (Å²) in [4.78, 5) is 17.2. The average molecular weight is 462 g/mol. The fourth-order valence-electron chi connectivity index (χ4n) is 3.50. The van der Waals surface area contributed by atoms with Crippen LogP contribution in [0.1, 0.15) is 36.2 Å². The van der Waals surface area contributed by atoms with Gasteiger partial charge in [0.1, 0.15) is 5.54 Å². The molecule has 32 heavy (non-hydrogen) atoms. The van der Waals surface area contributed by atoms with Gasteiger partial charge in [0.25, 0.3) is 0 Å². The average Bonchev–Trinajstić information content (AvgIpc) is 2.73. The molecule has 0 radical (unpaired) electrons. The van der Waals surface area contributed by atoms with Crippen molar-refractivity contribution in [2.75, 3.05) is 0 Å². The number of amides is 2. The highest BCUT2D eigenvalue weighted by Gasteiger charge is 2.40. The van der Waals surface area contributed by atoms with Gasteiger partial charge >= 0.3 is 12.2 Å². The molecule has 3 aromatic rings. The second-order valence-corrected chi connectivity index (χ2v) is 8.20. The molecule has 168 valence electrons. The minimum absolute atomic E-state index is 0.176. The van der Waals surface area contributed by atoms with Gasteiger partial charge in [-0.25, -0.2) is 4.79 Å². The minimum Gasteiger partial charge on any atom is -0.336 e. The Hall–Kier alpha value is -3.06. The standard InChI is InChI=1S/C24H23ClF3N3O/c1-16(2)30-22(32)31-23(14-17-7-4-3-5-8-17,21-12-11-20(25)15-29-21)18-9-6-10-19(13-18)24(26,27)28/h3-13,15-16H,14H2,1-2H3,(H2,30,31,32). The summed E-state index contributed by atoms with van der Waals surface area (Å²) >= 11 is 6.02. The van der Waals surface area contributed by atoms with Crippen LogP contribution in [-0.2, 0) is 18.1 Å². The largest absolute Gasteiger partial charge is 0.416 e. The fraction of sp³-hybridized carbons (Fsp3) is 0.250. The molecular weight excluding hydrogens is 439 g/mol. The first-order valence-electron chi connectivity index (χ1n) is 10.0. The second kappa shape index (κ2) is 9.61. The molecule has 0 aliphatic heterocycles. The van der Waals surface area contributed by atoms with Crippen molar-refractivity contribution in [3.8, 4) is 0 Å². The van der Waals surface area contributed by atoms with Crippen LogP contribution < -0.4 is 10.6 Å². The highest BCUT2D eigenvalue weighted by molar-refractivity contribution is 6.30. The van der Waals surface area contributed by atoms with Crippen molar-refractivity contribution in [1.82, 2.24) is 15.6 Å². The van der Waals surface area contributed by atoms with Crippen LogP contribution in [-0.4, -0.2) is 17.1 Å². The third-order valence-electron chi connectivity index (χ3n) is 4.91. The lowest BCUT2D eigenvalue weighted by Gasteiger charge is -2.36. The highest BCUT2D eigenvalue weighted by atomic mass is 35.5. The number of carbonyl (C=O) groups excluding carboxylic acids is 1. The van der Waals surface area contributed by atoms with Gasteiger partial charge in [0.05, 0.1) is 16.3 Å². The Kier molecular flexibility index (Phi) is 7.09. The Morgan fingerprint density at radius 3 is 2.28 bits per heavy atom. The van der Waals surface area contributed by atoms with E-state index in [-0.39, 0.29) is 18.0 Å². The van der Waals surface area contributed by atoms with Gasteiger partial charge in [0.15, 0.2) is 0 Å². The molecule has 8 heteroatoms. The maximum atomic E-state index is 13.5. The molecular formula is C24H23ClF3N3O. The predicted molar refractivity (Wildman–Crippen MR) is 118 cm³/mol. The zero-order valence-electron chi connectivity index (χ0n) is 17.6. The lowest BCUT2D eigenvalue weighted by atomic mass is 9.80. The Bertz CT molecular complexity index is 1060. The summed E-state index contributed by atoms with van der Waals surface area (Å²) < 4.78 is 40.6. The van der Waals surface area contributed by atoms with E-state index in [0.29, 0.717) is 10.7 Å². The van der Waals surface area contributed by atoms with Gasteiger partial charge in [0, 0.05) is 18.7 Å². The van der Waals surface area contributed by atoms with Crippen LogP contribution in [0.5, 0.6) is 0 Å². The number of alkyl halides is 3. The molecule has 0 saturated heterocycles. The van der Waals surface area contributed by atoms with Crippen molar-refractivity contribution in [3.05, 3.63) is 100 Å². The molecule has 1 aromatic heterocycles. The predicted octanol–water partition coefficient (Wildman–Crippen LogP) is 5.95. The minimum atomic E-state index is -4.54. The monoisotopic (exact) mass is 461 g/mol. The van der Waals surface area contributed by atoms with Gasteiger partial charge in [-0.15, -0.1) is 0 Å². The Morgan fingerprint density at radius 2 is 1.69 bits per heavy atom. The summed E-state index contributed by atoms with van der Waals surface area (Å²) in [7, 11) is 0. The smallest absolute Gasteiger partial charge is 0.336 e. The molecule has 3 rings (SSSR count). The molecule has 1 atom stereocenters. The van der Waals surface area contributed by atoms with Crippen molar-refractivity contribution in [3.63, 3.8) is 0 Å². The Balaban J connectivity index is 2.24. The highest BCUT2D eigenvalue weighted by Crippen LogP contribution is 2.37. The number of halogens is 4. The lowest BCUT2D eigenvalue weighted by Crippen LogP contribution is -2.53. The number of rotatable bonds is 6. The summed E-state index contributed by atoms with van der Waals surface area (Å²) in [5.41, 5.74) is -0.764. The number of carbonyl (C=O) groups is 1. The first-order valence-corrected chi connectivity index (χ1v) is 10.4. The zero-order valence-corrected chi connectivity index (χ0v) is 18.3. The molecule has 1 heterocycles. The molecule has 2 amide bonds. The van der Waals surface area contributed by atoms with Crippen LogP contribution in [0.3, 0.4) is 0 Å². The first kappa shape index (κ1) is 23.6. The van der Waals surface area contributed by atoms with Crippen LogP contribution in [0.25, 0.3) is 0 Å². The van der Waals surface area contributed by atoms with E-state index in [9.17, 15) is 18.0 Å². The summed E-state index contributed by atoms with van der Waals surface area (Å²) in [5, 5.41) is 6.04. The van der Waals surface area contributed by atoms with E-state index in [1.54, 1.807) is 32.0 Å². The molecule has 2 N–H and O–H groups in total. The van der Waals surface area contributed by atoms with Crippen molar-refractivity contribution in [2.24, 2.45) is 0 Å². The number of hydrogen-bond acceptors (Lipinski definition) is 2. The van der Waals surface area contributed by atoms with Crippen LogP contribution in [0.15, 0.2) is 72.9 Å². The number of aromatic nitrogens is 1. The van der Waals surface area contributed by atoms with Gasteiger partial charge in [-0.1, -0.05) is 54.1 Å². The Labute approximate surface area is 189 Å². The normalized spacial score (nSPS) is 13.5. The quantitative estimate of drug-likeness (QED) is 0.476. The maximum Gasteiger partial charge on any atom is 0.416 e. The fourth-order valence-corrected chi connectivity index (χ4v) is 3.62. The molecule has 4 nitrogen and oxygen atoms in total. The van der Waals surface area contributed by atoms with Gasteiger partial charge in [0.2, 0.25) is 0 Å². The van der Waals surface area contributed by atoms with E-state index in [1.807, 2.05) is 30.3 Å². The number of hydrogen-bond donors (Lipinski definition) is 2. The molecule has 0 saturated carbocycles. The maximum absolute atomic E-state index is 13.5. The van der Waals surface area contributed by atoms with E-state index in [1.165, 1.54) is 12.3 Å². The van der Waals surface area contributed by atoms with E-state index in [4.69, 9.17) is 11.6 Å². The zero-order chi connectivity index (χ0) is 23.4. The van der Waals surface area contributed by atoms with E-state index in [0.717, 1.165) is 17.7 Å². The Morgan fingerprint density at radius 1 is 1.00 bits per heavy atom. The van der Waals surface area contributed by atoms with Crippen LogP contribution in [0.2, 0.25) is 5.02 Å². The van der Waals surface area contributed by atoms with Crippen LogP contribution >= 0.6 is 11.6 Å². The van der Waals surface area contributed by atoms with Crippen molar-refractivity contribution < 1.29 is 18.0 Å².